The first-order valence-electron chi connectivity index (χ1n) is 7.05. The summed E-state index contributed by atoms with van der Waals surface area (Å²) < 4.78 is 1.12. The molecule has 20 heavy (non-hydrogen) atoms. The molecular weight excluding hydrogens is 312 g/mol. The third-order valence-electron chi connectivity index (χ3n) is 4.35. The number of hydrogen-bond donors (Lipinski definition) is 1. The van der Waals surface area contributed by atoms with E-state index in [1.54, 1.807) is 0 Å². The molecule has 1 aliphatic carbocycles. The fourth-order valence-electron chi connectivity index (χ4n) is 3.21. The normalized spacial score (nSPS) is 21.6. The maximum Gasteiger partial charge on any atom is 0.0942 e. The average molecular weight is 331 g/mol. The van der Waals surface area contributed by atoms with Gasteiger partial charge in [-0.05, 0) is 61.1 Å². The number of aryl methyl sites for hydroxylation is 3. The standard InChI is InChI=1S/C18H19BrO/c1-12-3-4-13(2)17(9-12)18(20)8-7-14-10-16(19)6-5-15(14)11-18/h3-6,9-10,20H,7-8,11H2,1-2H3. The maximum atomic E-state index is 11.2. The summed E-state index contributed by atoms with van der Waals surface area (Å²) in [4.78, 5) is 0. The number of rotatable bonds is 1. The number of halogens is 1. The van der Waals surface area contributed by atoms with E-state index in [1.807, 2.05) is 0 Å². The van der Waals surface area contributed by atoms with Crippen LogP contribution in [-0.4, -0.2) is 5.11 Å². The number of aliphatic hydroxyl groups is 1. The lowest BCUT2D eigenvalue weighted by Crippen LogP contribution is -2.34. The van der Waals surface area contributed by atoms with Crippen molar-refractivity contribution in [1.29, 1.82) is 0 Å². The van der Waals surface area contributed by atoms with Gasteiger partial charge in [0.25, 0.3) is 0 Å². The van der Waals surface area contributed by atoms with Crippen molar-refractivity contribution in [3.05, 3.63) is 68.7 Å². The van der Waals surface area contributed by atoms with Crippen LogP contribution in [-0.2, 0) is 18.4 Å². The second-order valence-corrected chi connectivity index (χ2v) is 6.86. The molecule has 1 aliphatic rings. The quantitative estimate of drug-likeness (QED) is 0.819. The van der Waals surface area contributed by atoms with Crippen LogP contribution in [0, 0.1) is 13.8 Å². The van der Waals surface area contributed by atoms with Crippen molar-refractivity contribution in [2.75, 3.05) is 0 Å². The van der Waals surface area contributed by atoms with E-state index in [9.17, 15) is 5.11 Å². The van der Waals surface area contributed by atoms with E-state index in [0.29, 0.717) is 6.42 Å². The van der Waals surface area contributed by atoms with E-state index in [4.69, 9.17) is 0 Å². The third-order valence-corrected chi connectivity index (χ3v) is 4.85. The van der Waals surface area contributed by atoms with E-state index in [0.717, 1.165) is 22.9 Å². The second kappa shape index (κ2) is 5.01. The molecule has 1 unspecified atom stereocenters. The van der Waals surface area contributed by atoms with Gasteiger partial charge in [-0.2, -0.15) is 0 Å². The smallest absolute Gasteiger partial charge is 0.0942 e. The zero-order valence-corrected chi connectivity index (χ0v) is 13.5. The molecule has 104 valence electrons. The highest BCUT2D eigenvalue weighted by Crippen LogP contribution is 2.38. The lowest BCUT2D eigenvalue weighted by Gasteiger charge is -2.35. The van der Waals surface area contributed by atoms with E-state index < -0.39 is 5.60 Å². The van der Waals surface area contributed by atoms with Gasteiger partial charge in [-0.25, -0.2) is 0 Å². The van der Waals surface area contributed by atoms with Crippen LogP contribution in [0.3, 0.4) is 0 Å². The Morgan fingerprint density at radius 1 is 1.05 bits per heavy atom. The fraction of sp³-hybridized carbons (Fsp3) is 0.333. The summed E-state index contributed by atoms with van der Waals surface area (Å²) in [5.74, 6) is 0. The lowest BCUT2D eigenvalue weighted by molar-refractivity contribution is 0.0216. The van der Waals surface area contributed by atoms with Gasteiger partial charge in [0.2, 0.25) is 0 Å². The Kier molecular flexibility index (Phi) is 3.47. The van der Waals surface area contributed by atoms with E-state index in [1.165, 1.54) is 22.3 Å². The molecule has 0 radical (unpaired) electrons. The van der Waals surface area contributed by atoms with Gasteiger partial charge in [0.05, 0.1) is 5.60 Å². The summed E-state index contributed by atoms with van der Waals surface area (Å²) >= 11 is 3.52. The summed E-state index contributed by atoms with van der Waals surface area (Å²) in [6, 6.07) is 12.7. The van der Waals surface area contributed by atoms with Crippen molar-refractivity contribution in [2.45, 2.75) is 38.7 Å². The van der Waals surface area contributed by atoms with Crippen LogP contribution in [0.15, 0.2) is 40.9 Å². The number of benzene rings is 2. The van der Waals surface area contributed by atoms with Crippen LogP contribution < -0.4 is 0 Å². The topological polar surface area (TPSA) is 20.2 Å². The molecule has 2 aromatic carbocycles. The zero-order valence-electron chi connectivity index (χ0n) is 11.9. The Labute approximate surface area is 128 Å². The Bertz CT molecular complexity index is 662. The lowest BCUT2D eigenvalue weighted by atomic mass is 9.75. The van der Waals surface area contributed by atoms with Gasteiger partial charge in [0, 0.05) is 10.9 Å². The molecule has 0 bridgehead atoms. The molecule has 0 heterocycles. The molecule has 1 nitrogen and oxygen atoms in total. The van der Waals surface area contributed by atoms with Crippen molar-refractivity contribution in [1.82, 2.24) is 0 Å². The van der Waals surface area contributed by atoms with Crippen LogP contribution in [0.2, 0.25) is 0 Å². The maximum absolute atomic E-state index is 11.2. The Morgan fingerprint density at radius 3 is 2.65 bits per heavy atom. The Morgan fingerprint density at radius 2 is 1.85 bits per heavy atom. The van der Waals surface area contributed by atoms with Gasteiger partial charge in [0.15, 0.2) is 0 Å². The molecule has 1 N–H and O–H groups in total. The summed E-state index contributed by atoms with van der Waals surface area (Å²) in [7, 11) is 0. The largest absolute Gasteiger partial charge is 0.385 e. The van der Waals surface area contributed by atoms with Crippen LogP contribution in [0.1, 0.15) is 34.2 Å². The van der Waals surface area contributed by atoms with Gasteiger partial charge in [0.1, 0.15) is 0 Å². The number of fused-ring (bicyclic) bond motifs is 1. The average Bonchev–Trinajstić information content (AvgIpc) is 2.42. The molecule has 0 spiro atoms. The SMILES string of the molecule is Cc1ccc(C)c(C2(O)CCc3cc(Br)ccc3C2)c1. The van der Waals surface area contributed by atoms with Crippen molar-refractivity contribution in [3.8, 4) is 0 Å². The molecule has 3 rings (SSSR count). The molecule has 0 aliphatic heterocycles. The van der Waals surface area contributed by atoms with Crippen LogP contribution >= 0.6 is 15.9 Å². The van der Waals surface area contributed by atoms with E-state index >= 15 is 0 Å². The first-order valence-corrected chi connectivity index (χ1v) is 7.85. The first kappa shape index (κ1) is 13.8. The second-order valence-electron chi connectivity index (χ2n) is 5.94. The minimum Gasteiger partial charge on any atom is -0.385 e. The fourth-order valence-corrected chi connectivity index (χ4v) is 3.62. The highest BCUT2D eigenvalue weighted by molar-refractivity contribution is 9.10. The van der Waals surface area contributed by atoms with Gasteiger partial charge in [-0.3, -0.25) is 0 Å². The molecule has 0 fully saturated rings. The van der Waals surface area contributed by atoms with Crippen molar-refractivity contribution >= 4 is 15.9 Å². The number of hydrogen-bond acceptors (Lipinski definition) is 1. The van der Waals surface area contributed by atoms with Crippen LogP contribution in [0.4, 0.5) is 0 Å². The monoisotopic (exact) mass is 330 g/mol. The van der Waals surface area contributed by atoms with Crippen molar-refractivity contribution < 1.29 is 5.11 Å². The summed E-state index contributed by atoms with van der Waals surface area (Å²) in [5, 5.41) is 11.2. The molecule has 0 saturated heterocycles. The molecule has 1 atom stereocenters. The van der Waals surface area contributed by atoms with Crippen molar-refractivity contribution in [3.63, 3.8) is 0 Å². The molecular formula is C18H19BrO. The van der Waals surface area contributed by atoms with E-state index in [-0.39, 0.29) is 0 Å². The molecule has 0 aromatic heterocycles. The minimum atomic E-state index is -0.725. The molecule has 2 heteroatoms. The molecule has 0 saturated carbocycles. The summed E-state index contributed by atoms with van der Waals surface area (Å²) in [6.45, 7) is 4.17. The Balaban J connectivity index is 2.02. The van der Waals surface area contributed by atoms with Crippen LogP contribution in [0.25, 0.3) is 0 Å². The summed E-state index contributed by atoms with van der Waals surface area (Å²) in [5.41, 5.74) is 5.37. The highest BCUT2D eigenvalue weighted by Gasteiger charge is 2.34. The van der Waals surface area contributed by atoms with Crippen LogP contribution in [0.5, 0.6) is 0 Å². The van der Waals surface area contributed by atoms with Gasteiger partial charge in [-0.15, -0.1) is 0 Å². The van der Waals surface area contributed by atoms with Gasteiger partial charge in [-0.1, -0.05) is 45.8 Å². The van der Waals surface area contributed by atoms with Crippen molar-refractivity contribution in [2.24, 2.45) is 0 Å². The van der Waals surface area contributed by atoms with Gasteiger partial charge < -0.3 is 5.11 Å². The summed E-state index contributed by atoms with van der Waals surface area (Å²) in [6.07, 6.45) is 2.43. The highest BCUT2D eigenvalue weighted by atomic mass is 79.9. The molecule has 2 aromatic rings. The predicted molar refractivity (Wildman–Crippen MR) is 86.0 cm³/mol. The predicted octanol–water partition coefficient (Wildman–Crippen LogP) is 4.44. The minimum absolute atomic E-state index is 0.708. The van der Waals surface area contributed by atoms with E-state index in [2.05, 4.69) is 66.2 Å². The van der Waals surface area contributed by atoms with Gasteiger partial charge >= 0.3 is 0 Å². The first-order chi connectivity index (χ1) is 9.48. The zero-order chi connectivity index (χ0) is 14.3. The Hall–Kier alpha value is -1.12. The molecule has 0 amide bonds. The third kappa shape index (κ3) is 2.43.